The highest BCUT2D eigenvalue weighted by molar-refractivity contribution is 6.79. The number of alkyl halides is 14. The van der Waals surface area contributed by atoms with Crippen molar-refractivity contribution in [3.8, 4) is 0 Å². The van der Waals surface area contributed by atoms with Gasteiger partial charge in [-0.15, -0.1) is 0 Å². The van der Waals surface area contributed by atoms with Crippen molar-refractivity contribution in [3.63, 3.8) is 0 Å². The summed E-state index contributed by atoms with van der Waals surface area (Å²) in [6.07, 6.45) is 0. The molecule has 30 heavy (non-hydrogen) atoms. The second-order valence-corrected chi connectivity index (χ2v) is 16.5. The van der Waals surface area contributed by atoms with Crippen molar-refractivity contribution in [2.75, 3.05) is 0 Å². The lowest BCUT2D eigenvalue weighted by molar-refractivity contribution is 0.0759. The van der Waals surface area contributed by atoms with Crippen LogP contribution in [-0.4, -0.2) is 21.4 Å². The van der Waals surface area contributed by atoms with E-state index in [0.717, 1.165) is 0 Å². The fourth-order valence-electron chi connectivity index (χ4n) is 2.43. The highest BCUT2D eigenvalue weighted by Gasteiger charge is 2.64. The van der Waals surface area contributed by atoms with Gasteiger partial charge in [0, 0.05) is 0 Å². The fraction of sp³-hybridized carbons (Fsp3) is 0.600. The van der Waals surface area contributed by atoms with E-state index in [0.29, 0.717) is 0 Å². The molecule has 0 fully saturated rings. The molecule has 15 heteroatoms. The fourth-order valence-corrected chi connectivity index (χ4v) is 5.46. The lowest BCUT2D eigenvalue weighted by Gasteiger charge is -2.43. The first-order valence-electron chi connectivity index (χ1n) is 7.36. The Kier molecular flexibility index (Phi) is 10.0. The van der Waals surface area contributed by atoms with Gasteiger partial charge >= 0.3 is 0 Å². The number of rotatable bonds is 5. The molecule has 0 radical (unpaired) electrons. The zero-order valence-electron chi connectivity index (χ0n) is 14.5. The van der Waals surface area contributed by atoms with Crippen LogP contribution in [0.25, 0.3) is 0 Å². The number of benzene rings is 1. The third kappa shape index (κ3) is 5.63. The average Bonchev–Trinajstić information content (AvgIpc) is 2.50. The quantitative estimate of drug-likeness (QED) is 0.303. The Labute approximate surface area is 244 Å². The second kappa shape index (κ2) is 9.60. The molecular formula is C15H10Cl14O. The van der Waals surface area contributed by atoms with Crippen LogP contribution in [-0.2, 0) is 14.3 Å². The Bertz CT molecular complexity index is 726. The van der Waals surface area contributed by atoms with E-state index < -0.39 is 30.5 Å². The Hall–Kier alpha value is 3.24. The van der Waals surface area contributed by atoms with Crippen molar-refractivity contribution in [2.24, 2.45) is 0 Å². The monoisotopic (exact) mass is 696 g/mol. The highest BCUT2D eigenvalue weighted by atomic mass is 35.6. The molecule has 1 N–H and O–H groups in total. The molecule has 0 aromatic heterocycles. The van der Waals surface area contributed by atoms with Crippen LogP contribution in [0.1, 0.15) is 30.5 Å². The molecule has 1 nitrogen and oxygen atoms in total. The predicted octanol–water partition coefficient (Wildman–Crippen LogP) is 10.3. The maximum absolute atomic E-state index is 10.9. The van der Waals surface area contributed by atoms with Crippen LogP contribution < -0.4 is 0 Å². The average molecular weight is 703 g/mol. The van der Waals surface area contributed by atoms with Gasteiger partial charge in [0.25, 0.3) is 0 Å². The number of halogens is 14. The van der Waals surface area contributed by atoms with Crippen molar-refractivity contribution < 1.29 is 5.11 Å². The summed E-state index contributed by atoms with van der Waals surface area (Å²) in [5, 5.41) is 10.9. The maximum atomic E-state index is 10.9. The largest absolute Gasteiger partial charge is 0.386 e. The van der Waals surface area contributed by atoms with Gasteiger partial charge in [0.15, 0.2) is 8.67 Å². The summed E-state index contributed by atoms with van der Waals surface area (Å²) in [5.74, 6) is 0. The van der Waals surface area contributed by atoms with E-state index in [2.05, 4.69) is 0 Å². The Morgan fingerprint density at radius 1 is 0.567 bits per heavy atom. The van der Waals surface area contributed by atoms with Gasteiger partial charge in [-0.2, -0.15) is 0 Å². The summed E-state index contributed by atoms with van der Waals surface area (Å²) in [7, 11) is 0. The van der Waals surface area contributed by atoms with Gasteiger partial charge in [-0.3, -0.25) is 0 Å². The topological polar surface area (TPSA) is 20.2 Å². The third-order valence-corrected chi connectivity index (χ3v) is 11.7. The normalized spacial score (nSPS) is 15.5. The van der Waals surface area contributed by atoms with Gasteiger partial charge in [-0.25, -0.2) is 0 Å². The summed E-state index contributed by atoms with van der Waals surface area (Å²) >= 11 is 86.1. The molecule has 1 aromatic rings. The van der Waals surface area contributed by atoms with Crippen LogP contribution in [0, 0.1) is 0 Å². The number of aliphatic hydroxyl groups is 1. The van der Waals surface area contributed by atoms with Crippen molar-refractivity contribution in [1.82, 2.24) is 0 Å². The summed E-state index contributed by atoms with van der Waals surface area (Å²) in [6.45, 7) is 2.70. The molecule has 1 aromatic carbocycles. The molecule has 0 unspecified atom stereocenters. The summed E-state index contributed by atoms with van der Waals surface area (Å²) in [5.41, 5.74) is -2.14. The summed E-state index contributed by atoms with van der Waals surface area (Å²) in [4.78, 5) is 0. The smallest absolute Gasteiger partial charge is 0.226 e. The molecule has 0 amide bonds. The van der Waals surface area contributed by atoms with Crippen LogP contribution in [0.5, 0.6) is 0 Å². The minimum absolute atomic E-state index is 0.111. The molecular weight excluding hydrogens is 693 g/mol. The summed E-state index contributed by atoms with van der Waals surface area (Å²) in [6, 6.07) is 4.06. The van der Waals surface area contributed by atoms with E-state index in [9.17, 15) is 5.11 Å². The standard InChI is InChI=1S/C15H10Cl14O/c1-9(2,30)8-6(10(16,17)12(20,21)14(24,25)26)4-3-5-7(8)11(18,19)13(22,23)15(27,28)29/h3-5,30H,1-2H3. The van der Waals surface area contributed by atoms with Gasteiger partial charge in [0.2, 0.25) is 16.3 Å². The predicted molar refractivity (Wildman–Crippen MR) is 138 cm³/mol. The first-order chi connectivity index (χ1) is 12.8. The van der Waals surface area contributed by atoms with E-state index in [4.69, 9.17) is 162 Å². The molecule has 0 aliphatic carbocycles. The molecule has 0 saturated carbocycles. The van der Waals surface area contributed by atoms with Crippen molar-refractivity contribution in [1.29, 1.82) is 0 Å². The molecule has 0 heterocycles. The summed E-state index contributed by atoms with van der Waals surface area (Å²) < 4.78 is -14.4. The van der Waals surface area contributed by atoms with Crippen LogP contribution in [0.3, 0.4) is 0 Å². The number of hydrogen-bond acceptors (Lipinski definition) is 1. The lowest BCUT2D eigenvalue weighted by atomic mass is 9.84. The molecule has 0 saturated heterocycles. The molecule has 1 rings (SSSR count). The first-order valence-corrected chi connectivity index (χ1v) is 12.7. The van der Waals surface area contributed by atoms with Crippen LogP contribution in [0.15, 0.2) is 18.2 Å². The molecule has 0 atom stereocenters. The van der Waals surface area contributed by atoms with Crippen molar-refractivity contribution >= 4 is 162 Å². The van der Waals surface area contributed by atoms with E-state index >= 15 is 0 Å². The van der Waals surface area contributed by atoms with Crippen molar-refractivity contribution in [2.45, 2.75) is 44.4 Å². The molecule has 174 valence electrons. The van der Waals surface area contributed by atoms with Gasteiger partial charge in [0.1, 0.15) is 0 Å². The minimum Gasteiger partial charge on any atom is -0.386 e. The highest BCUT2D eigenvalue weighted by Crippen LogP contribution is 2.65. The van der Waals surface area contributed by atoms with Crippen LogP contribution in [0.2, 0.25) is 0 Å². The van der Waals surface area contributed by atoms with Gasteiger partial charge < -0.3 is 5.11 Å². The van der Waals surface area contributed by atoms with E-state index in [1.165, 1.54) is 32.0 Å². The molecule has 0 bridgehead atoms. The van der Waals surface area contributed by atoms with Gasteiger partial charge in [0.05, 0.1) is 5.60 Å². The van der Waals surface area contributed by atoms with Gasteiger partial charge in [-0.1, -0.05) is 181 Å². The Morgan fingerprint density at radius 2 is 0.833 bits per heavy atom. The van der Waals surface area contributed by atoms with E-state index in [1.807, 2.05) is 0 Å². The van der Waals surface area contributed by atoms with Crippen molar-refractivity contribution in [3.05, 3.63) is 34.9 Å². The lowest BCUT2D eigenvalue weighted by Crippen LogP contribution is -2.48. The molecule has 0 aliphatic heterocycles. The van der Waals surface area contributed by atoms with Crippen LogP contribution in [0.4, 0.5) is 0 Å². The minimum atomic E-state index is -2.44. The van der Waals surface area contributed by atoms with Crippen LogP contribution >= 0.6 is 162 Å². The zero-order chi connectivity index (χ0) is 24.4. The number of hydrogen-bond donors (Lipinski definition) is 1. The maximum Gasteiger partial charge on any atom is 0.226 e. The third-order valence-electron chi connectivity index (χ3n) is 3.85. The Balaban J connectivity index is 4.05. The zero-order valence-corrected chi connectivity index (χ0v) is 25.1. The van der Waals surface area contributed by atoms with E-state index in [1.54, 1.807) is 0 Å². The van der Waals surface area contributed by atoms with E-state index in [-0.39, 0.29) is 16.7 Å². The second-order valence-electron chi connectivity index (χ2n) is 6.58. The Morgan fingerprint density at radius 3 is 1.03 bits per heavy atom. The SMILES string of the molecule is CC(C)(O)c1c(C(Cl)(Cl)C(Cl)(Cl)C(Cl)(Cl)Cl)cccc1C(Cl)(Cl)C(Cl)(Cl)C(Cl)(Cl)Cl. The molecule has 0 spiro atoms. The molecule has 0 aliphatic rings. The van der Waals surface area contributed by atoms with Gasteiger partial charge in [-0.05, 0) is 30.5 Å². The first kappa shape index (κ1) is 31.3.